The first-order valence-electron chi connectivity index (χ1n) is 9.96. The molecule has 0 radical (unpaired) electrons. The van der Waals surface area contributed by atoms with Gasteiger partial charge in [-0.15, -0.1) is 0 Å². The Morgan fingerprint density at radius 2 is 2.00 bits per heavy atom. The second-order valence-corrected chi connectivity index (χ2v) is 7.87. The minimum Gasteiger partial charge on any atom is -0.486 e. The van der Waals surface area contributed by atoms with Crippen molar-refractivity contribution >= 4 is 40.8 Å². The number of nitrogens with one attached hydrogen (secondary N) is 1. The topological polar surface area (TPSA) is 106 Å². The number of nitrogen functional groups attached to an aromatic ring is 1. The number of benzene rings is 2. The first-order chi connectivity index (χ1) is 14.9. The molecule has 0 aliphatic carbocycles. The van der Waals surface area contributed by atoms with Crippen molar-refractivity contribution in [2.75, 3.05) is 22.5 Å². The lowest BCUT2D eigenvalue weighted by Crippen LogP contribution is -2.23. The molecule has 0 atom stereocenters. The predicted molar refractivity (Wildman–Crippen MR) is 121 cm³/mol. The van der Waals surface area contributed by atoms with Crippen LogP contribution in [0.4, 0.5) is 23.3 Å². The third-order valence-corrected chi connectivity index (χ3v) is 5.32. The van der Waals surface area contributed by atoms with Gasteiger partial charge in [-0.3, -0.25) is 4.79 Å². The smallest absolute Gasteiger partial charge is 0.232 e. The molecule has 1 saturated heterocycles. The van der Waals surface area contributed by atoms with Crippen molar-refractivity contribution in [3.8, 4) is 5.75 Å². The molecule has 0 spiro atoms. The van der Waals surface area contributed by atoms with Crippen molar-refractivity contribution < 1.29 is 9.53 Å². The number of aromatic nitrogens is 3. The molecule has 1 fully saturated rings. The van der Waals surface area contributed by atoms with E-state index in [1.807, 2.05) is 44.2 Å². The summed E-state index contributed by atoms with van der Waals surface area (Å²) in [5.41, 5.74) is 9.41. The Kier molecular flexibility index (Phi) is 5.90. The first kappa shape index (κ1) is 20.9. The molecule has 2 heterocycles. The maximum atomic E-state index is 12.1. The number of hydrogen-bond donors (Lipinski definition) is 2. The SMILES string of the molecule is Cc1cc(OCc2nc(N)nc(Nc3ccc(C)c(Cl)c3)n2)cc(N2CCCC2=O)c1. The summed E-state index contributed by atoms with van der Waals surface area (Å²) < 4.78 is 5.91. The van der Waals surface area contributed by atoms with E-state index >= 15 is 0 Å². The zero-order chi connectivity index (χ0) is 22.0. The third-order valence-electron chi connectivity index (χ3n) is 4.92. The maximum Gasteiger partial charge on any atom is 0.232 e. The number of anilines is 4. The number of nitrogens with two attached hydrogens (primary N) is 1. The summed E-state index contributed by atoms with van der Waals surface area (Å²) >= 11 is 6.18. The lowest BCUT2D eigenvalue weighted by Gasteiger charge is -2.18. The number of hydrogen-bond acceptors (Lipinski definition) is 7. The highest BCUT2D eigenvalue weighted by molar-refractivity contribution is 6.31. The fourth-order valence-electron chi connectivity index (χ4n) is 3.39. The summed E-state index contributed by atoms with van der Waals surface area (Å²) in [7, 11) is 0. The summed E-state index contributed by atoms with van der Waals surface area (Å²) in [6, 6.07) is 11.3. The van der Waals surface area contributed by atoms with Gasteiger partial charge in [-0.1, -0.05) is 17.7 Å². The second kappa shape index (κ2) is 8.77. The van der Waals surface area contributed by atoms with Gasteiger partial charge in [0, 0.05) is 35.4 Å². The van der Waals surface area contributed by atoms with Gasteiger partial charge >= 0.3 is 0 Å². The maximum absolute atomic E-state index is 12.1. The summed E-state index contributed by atoms with van der Waals surface area (Å²) in [6.07, 6.45) is 1.45. The molecule has 3 N–H and O–H groups in total. The van der Waals surface area contributed by atoms with E-state index in [1.165, 1.54) is 0 Å². The molecule has 2 aromatic carbocycles. The van der Waals surface area contributed by atoms with Gasteiger partial charge in [0.2, 0.25) is 17.8 Å². The molecule has 31 heavy (non-hydrogen) atoms. The van der Waals surface area contributed by atoms with E-state index in [9.17, 15) is 4.79 Å². The summed E-state index contributed by atoms with van der Waals surface area (Å²) in [5, 5.41) is 3.73. The molecule has 1 amide bonds. The average molecular weight is 439 g/mol. The molecule has 3 aromatic rings. The molecule has 0 saturated carbocycles. The van der Waals surface area contributed by atoms with Crippen molar-refractivity contribution in [2.24, 2.45) is 0 Å². The van der Waals surface area contributed by atoms with Crippen LogP contribution in [0.5, 0.6) is 5.75 Å². The van der Waals surface area contributed by atoms with Crippen LogP contribution in [0.25, 0.3) is 0 Å². The highest BCUT2D eigenvalue weighted by atomic mass is 35.5. The van der Waals surface area contributed by atoms with Gasteiger partial charge in [0.15, 0.2) is 5.82 Å². The number of aryl methyl sites for hydroxylation is 2. The van der Waals surface area contributed by atoms with Gasteiger partial charge in [-0.05, 0) is 55.7 Å². The van der Waals surface area contributed by atoms with E-state index < -0.39 is 0 Å². The monoisotopic (exact) mass is 438 g/mol. The van der Waals surface area contributed by atoms with Crippen LogP contribution < -0.4 is 20.7 Å². The van der Waals surface area contributed by atoms with E-state index in [2.05, 4.69) is 20.3 Å². The van der Waals surface area contributed by atoms with Crippen LogP contribution in [0.15, 0.2) is 36.4 Å². The van der Waals surface area contributed by atoms with Crippen LogP contribution in [-0.4, -0.2) is 27.4 Å². The molecule has 1 aliphatic rings. The predicted octanol–water partition coefficient (Wildman–Crippen LogP) is 4.17. The lowest BCUT2D eigenvalue weighted by atomic mass is 10.2. The Labute approximate surface area is 185 Å². The van der Waals surface area contributed by atoms with E-state index in [1.54, 1.807) is 11.0 Å². The molecule has 4 rings (SSSR count). The summed E-state index contributed by atoms with van der Waals surface area (Å²) in [5.74, 6) is 1.54. The zero-order valence-corrected chi connectivity index (χ0v) is 18.1. The van der Waals surface area contributed by atoms with Crippen molar-refractivity contribution in [3.05, 3.63) is 58.4 Å². The molecule has 0 bridgehead atoms. The number of halogens is 1. The normalized spacial score (nSPS) is 13.5. The number of rotatable bonds is 6. The number of ether oxygens (including phenoxy) is 1. The van der Waals surface area contributed by atoms with Gasteiger partial charge in [0.25, 0.3) is 0 Å². The Morgan fingerprint density at radius 1 is 1.16 bits per heavy atom. The number of carbonyl (C=O) groups is 1. The van der Waals surface area contributed by atoms with Gasteiger partial charge in [-0.25, -0.2) is 0 Å². The molecule has 1 aliphatic heterocycles. The zero-order valence-electron chi connectivity index (χ0n) is 17.4. The Bertz CT molecular complexity index is 1140. The first-order valence-corrected chi connectivity index (χ1v) is 10.3. The van der Waals surface area contributed by atoms with Crippen molar-refractivity contribution in [1.29, 1.82) is 0 Å². The van der Waals surface area contributed by atoms with Gasteiger partial charge in [-0.2, -0.15) is 15.0 Å². The molecule has 8 nitrogen and oxygen atoms in total. The van der Waals surface area contributed by atoms with Crippen LogP contribution in [0, 0.1) is 13.8 Å². The lowest BCUT2D eigenvalue weighted by molar-refractivity contribution is -0.117. The van der Waals surface area contributed by atoms with Crippen molar-refractivity contribution in [3.63, 3.8) is 0 Å². The number of amides is 1. The molecule has 160 valence electrons. The van der Waals surface area contributed by atoms with Crippen LogP contribution in [0.3, 0.4) is 0 Å². The van der Waals surface area contributed by atoms with E-state index in [0.29, 0.717) is 29.0 Å². The Hall–Kier alpha value is -3.39. The minimum absolute atomic E-state index is 0.0851. The highest BCUT2D eigenvalue weighted by Crippen LogP contribution is 2.28. The summed E-state index contributed by atoms with van der Waals surface area (Å²) in [4.78, 5) is 26.5. The van der Waals surface area contributed by atoms with Crippen LogP contribution in [0.1, 0.15) is 29.8 Å². The molecule has 1 aromatic heterocycles. The molecule has 0 unspecified atom stereocenters. The summed E-state index contributed by atoms with van der Waals surface area (Å²) in [6.45, 7) is 4.72. The van der Waals surface area contributed by atoms with Gasteiger partial charge < -0.3 is 20.7 Å². The largest absolute Gasteiger partial charge is 0.486 e. The fraction of sp³-hybridized carbons (Fsp3) is 0.273. The van der Waals surface area contributed by atoms with Crippen molar-refractivity contribution in [2.45, 2.75) is 33.3 Å². The standard InChI is InChI=1S/C22H23ClN6O2/c1-13-8-16(29-7-3-4-20(29)30)11-17(9-13)31-12-19-26-21(24)28-22(27-19)25-15-6-5-14(2)18(23)10-15/h5-6,8-11H,3-4,7,12H2,1-2H3,(H3,24,25,26,27,28). The Balaban J connectivity index is 1.49. The molecular formula is C22H23ClN6O2. The number of nitrogens with zero attached hydrogens (tertiary/aromatic N) is 4. The quantitative estimate of drug-likeness (QED) is 0.594. The number of carbonyl (C=O) groups excluding carboxylic acids is 1. The van der Waals surface area contributed by atoms with Crippen LogP contribution in [0.2, 0.25) is 5.02 Å². The molecular weight excluding hydrogens is 416 g/mol. The molecule has 9 heteroatoms. The average Bonchev–Trinajstić information content (AvgIpc) is 3.14. The minimum atomic E-state index is 0.0851. The highest BCUT2D eigenvalue weighted by Gasteiger charge is 2.22. The van der Waals surface area contributed by atoms with E-state index in [0.717, 1.165) is 35.5 Å². The van der Waals surface area contributed by atoms with Crippen molar-refractivity contribution in [1.82, 2.24) is 15.0 Å². The van der Waals surface area contributed by atoms with Crippen LogP contribution in [-0.2, 0) is 11.4 Å². The van der Waals surface area contributed by atoms with E-state index in [-0.39, 0.29) is 18.5 Å². The Morgan fingerprint density at radius 3 is 2.74 bits per heavy atom. The van der Waals surface area contributed by atoms with E-state index in [4.69, 9.17) is 22.1 Å². The fourth-order valence-corrected chi connectivity index (χ4v) is 3.58. The van der Waals surface area contributed by atoms with Gasteiger partial charge in [0.05, 0.1) is 0 Å². The second-order valence-electron chi connectivity index (χ2n) is 7.46. The van der Waals surface area contributed by atoms with Gasteiger partial charge in [0.1, 0.15) is 12.4 Å². The third kappa shape index (κ3) is 5.03. The van der Waals surface area contributed by atoms with Crippen LogP contribution >= 0.6 is 11.6 Å².